The standard InChI is InChI=1S/C30H50N2O5/c1-5-6-7-8-9-10-11-12-13-14-15-16-17-18-20-28-21-19-22-29(31-28)30(32-25(2)33,37-27(4)35)23-24-36-26(3)34/h19,21-22H,5-18,20,23-24H2,1-4H3,(H,32,33). The highest BCUT2D eigenvalue weighted by Crippen LogP contribution is 2.27. The number of carbonyl (C=O) groups is 3. The molecular formula is C30H50N2O5. The molecule has 1 heterocycles. The van der Waals surface area contributed by atoms with Gasteiger partial charge in [-0.2, -0.15) is 0 Å². The van der Waals surface area contributed by atoms with E-state index in [4.69, 9.17) is 14.5 Å². The maximum atomic E-state index is 12.0. The number of aryl methyl sites for hydroxylation is 1. The Morgan fingerprint density at radius 1 is 0.784 bits per heavy atom. The summed E-state index contributed by atoms with van der Waals surface area (Å²) < 4.78 is 10.6. The highest BCUT2D eigenvalue weighted by molar-refractivity contribution is 5.75. The van der Waals surface area contributed by atoms with Crippen LogP contribution < -0.4 is 5.32 Å². The number of aromatic nitrogens is 1. The van der Waals surface area contributed by atoms with Crippen molar-refractivity contribution in [1.29, 1.82) is 0 Å². The lowest BCUT2D eigenvalue weighted by Gasteiger charge is -2.33. The number of pyridine rings is 1. The Kier molecular flexibility index (Phi) is 17.3. The zero-order valence-corrected chi connectivity index (χ0v) is 23.7. The number of carbonyl (C=O) groups excluding carboxylic acids is 3. The third kappa shape index (κ3) is 15.4. The second-order valence-corrected chi connectivity index (χ2v) is 10.1. The molecule has 0 saturated carbocycles. The van der Waals surface area contributed by atoms with E-state index in [1.807, 2.05) is 12.1 Å². The lowest BCUT2D eigenvalue weighted by atomic mass is 10.0. The number of nitrogens with zero attached hydrogens (tertiary/aromatic N) is 1. The summed E-state index contributed by atoms with van der Waals surface area (Å²) in [4.78, 5) is 39.8. The number of unbranched alkanes of at least 4 members (excludes halogenated alkanes) is 13. The topological polar surface area (TPSA) is 94.6 Å². The summed E-state index contributed by atoms with van der Waals surface area (Å²) in [6.45, 7) is 6.18. The zero-order chi connectivity index (χ0) is 27.4. The van der Waals surface area contributed by atoms with Gasteiger partial charge < -0.3 is 14.8 Å². The fraction of sp³-hybridized carbons (Fsp3) is 0.733. The summed E-state index contributed by atoms with van der Waals surface area (Å²) in [5.74, 6) is -1.38. The minimum Gasteiger partial charge on any atom is -0.466 e. The molecule has 1 rings (SSSR count). The lowest BCUT2D eigenvalue weighted by molar-refractivity contribution is -0.169. The molecule has 7 nitrogen and oxygen atoms in total. The summed E-state index contributed by atoms with van der Waals surface area (Å²) in [5, 5.41) is 2.73. The van der Waals surface area contributed by atoms with Crippen LogP contribution in [0.25, 0.3) is 0 Å². The molecule has 0 aromatic carbocycles. The molecule has 0 aliphatic heterocycles. The number of amides is 1. The first kappa shape index (κ1) is 32.6. The van der Waals surface area contributed by atoms with Crippen molar-refractivity contribution in [3.05, 3.63) is 29.6 Å². The van der Waals surface area contributed by atoms with Crippen LogP contribution in [0.5, 0.6) is 0 Å². The average molecular weight is 519 g/mol. The third-order valence-corrected chi connectivity index (χ3v) is 6.46. The Hall–Kier alpha value is -2.44. The Balaban J connectivity index is 2.47. The molecule has 0 saturated heterocycles. The molecule has 0 spiro atoms. The van der Waals surface area contributed by atoms with E-state index in [9.17, 15) is 14.4 Å². The zero-order valence-electron chi connectivity index (χ0n) is 23.7. The summed E-state index contributed by atoms with van der Waals surface area (Å²) in [6, 6.07) is 5.53. The van der Waals surface area contributed by atoms with Crippen molar-refractivity contribution in [3.8, 4) is 0 Å². The number of rotatable bonds is 21. The molecule has 1 unspecified atom stereocenters. The average Bonchev–Trinajstić information content (AvgIpc) is 2.83. The van der Waals surface area contributed by atoms with E-state index in [1.165, 1.54) is 97.8 Å². The minimum absolute atomic E-state index is 0.0201. The molecule has 1 aromatic heterocycles. The highest BCUT2D eigenvalue weighted by Gasteiger charge is 2.38. The number of nitrogens with one attached hydrogen (secondary N) is 1. The van der Waals surface area contributed by atoms with E-state index >= 15 is 0 Å². The second-order valence-electron chi connectivity index (χ2n) is 10.1. The first-order valence-electron chi connectivity index (χ1n) is 14.4. The van der Waals surface area contributed by atoms with Crippen LogP contribution in [-0.4, -0.2) is 29.4 Å². The van der Waals surface area contributed by atoms with Crippen molar-refractivity contribution in [3.63, 3.8) is 0 Å². The van der Waals surface area contributed by atoms with E-state index in [0.29, 0.717) is 5.69 Å². The van der Waals surface area contributed by atoms with Crippen LogP contribution in [0.3, 0.4) is 0 Å². The number of hydrogen-bond donors (Lipinski definition) is 1. The van der Waals surface area contributed by atoms with E-state index in [0.717, 1.165) is 25.0 Å². The van der Waals surface area contributed by atoms with Gasteiger partial charge in [-0.25, -0.2) is 0 Å². The van der Waals surface area contributed by atoms with E-state index in [-0.39, 0.29) is 18.9 Å². The monoisotopic (exact) mass is 518 g/mol. The van der Waals surface area contributed by atoms with Crippen molar-refractivity contribution in [2.24, 2.45) is 0 Å². The molecule has 0 fully saturated rings. The first-order chi connectivity index (χ1) is 17.8. The van der Waals surface area contributed by atoms with Gasteiger partial charge in [-0.05, 0) is 25.0 Å². The first-order valence-corrected chi connectivity index (χ1v) is 14.4. The van der Waals surface area contributed by atoms with Gasteiger partial charge in [0.1, 0.15) is 5.69 Å². The molecule has 1 N–H and O–H groups in total. The molecule has 1 aromatic rings. The minimum atomic E-state index is -1.49. The fourth-order valence-corrected chi connectivity index (χ4v) is 4.60. The quantitative estimate of drug-likeness (QED) is 0.108. The molecule has 7 heteroatoms. The molecule has 0 aliphatic rings. The lowest BCUT2D eigenvalue weighted by Crippen LogP contribution is -2.49. The van der Waals surface area contributed by atoms with Gasteiger partial charge in [0.2, 0.25) is 11.6 Å². The second kappa shape index (κ2) is 19.6. The van der Waals surface area contributed by atoms with Crippen molar-refractivity contribution in [2.45, 2.75) is 136 Å². The number of hydrogen-bond acceptors (Lipinski definition) is 6. The number of esters is 2. The summed E-state index contributed by atoms with van der Waals surface area (Å²) in [6.07, 6.45) is 19.2. The molecule has 1 atom stereocenters. The van der Waals surface area contributed by atoms with Gasteiger partial charge in [0.05, 0.1) is 6.61 Å². The Morgan fingerprint density at radius 2 is 1.32 bits per heavy atom. The van der Waals surface area contributed by atoms with Crippen molar-refractivity contribution < 1.29 is 23.9 Å². The SMILES string of the molecule is CCCCCCCCCCCCCCCCc1cccc(C(CCOC(C)=O)(NC(C)=O)OC(C)=O)n1. The van der Waals surface area contributed by atoms with E-state index in [1.54, 1.807) is 6.07 Å². The van der Waals surface area contributed by atoms with Gasteiger partial charge in [0.15, 0.2) is 0 Å². The molecule has 0 radical (unpaired) electrons. The van der Waals surface area contributed by atoms with Crippen LogP contribution in [-0.2, 0) is 36.0 Å². The van der Waals surface area contributed by atoms with Gasteiger partial charge >= 0.3 is 11.9 Å². The van der Waals surface area contributed by atoms with Crippen molar-refractivity contribution >= 4 is 17.8 Å². The van der Waals surface area contributed by atoms with Crippen LogP contribution >= 0.6 is 0 Å². The molecule has 0 aliphatic carbocycles. The largest absolute Gasteiger partial charge is 0.466 e. The van der Waals surface area contributed by atoms with Gasteiger partial charge in [-0.15, -0.1) is 0 Å². The molecule has 210 valence electrons. The third-order valence-electron chi connectivity index (χ3n) is 6.46. The normalized spacial score (nSPS) is 12.5. The van der Waals surface area contributed by atoms with Gasteiger partial charge in [0.25, 0.3) is 0 Å². The molecule has 0 bridgehead atoms. The van der Waals surface area contributed by atoms with E-state index in [2.05, 4.69) is 12.2 Å². The summed E-state index contributed by atoms with van der Waals surface area (Å²) in [5.41, 5.74) is -0.183. The van der Waals surface area contributed by atoms with Crippen LogP contribution in [0.1, 0.15) is 135 Å². The highest BCUT2D eigenvalue weighted by atomic mass is 16.6. The predicted octanol–water partition coefficient (Wildman–Crippen LogP) is 6.91. The Morgan fingerprint density at radius 3 is 1.81 bits per heavy atom. The maximum absolute atomic E-state index is 12.0. The molecule has 37 heavy (non-hydrogen) atoms. The predicted molar refractivity (Wildman–Crippen MR) is 147 cm³/mol. The Labute approximate surface area is 224 Å². The molecule has 1 amide bonds. The summed E-state index contributed by atoms with van der Waals surface area (Å²) >= 11 is 0. The van der Waals surface area contributed by atoms with Crippen molar-refractivity contribution in [2.75, 3.05) is 6.61 Å². The van der Waals surface area contributed by atoms with Crippen molar-refractivity contribution in [1.82, 2.24) is 10.3 Å². The Bertz CT molecular complexity index is 780. The maximum Gasteiger partial charge on any atom is 0.305 e. The van der Waals surface area contributed by atoms with Gasteiger partial charge in [0, 0.05) is 32.9 Å². The van der Waals surface area contributed by atoms with Crippen LogP contribution in [0.15, 0.2) is 18.2 Å². The van der Waals surface area contributed by atoms with Crippen LogP contribution in [0.4, 0.5) is 0 Å². The van der Waals surface area contributed by atoms with E-state index < -0.39 is 17.7 Å². The fourth-order valence-electron chi connectivity index (χ4n) is 4.60. The smallest absolute Gasteiger partial charge is 0.305 e. The van der Waals surface area contributed by atoms with Gasteiger partial charge in [-0.3, -0.25) is 19.4 Å². The number of ether oxygens (including phenoxy) is 2. The van der Waals surface area contributed by atoms with Gasteiger partial charge in [-0.1, -0.05) is 96.5 Å². The summed E-state index contributed by atoms with van der Waals surface area (Å²) in [7, 11) is 0. The van der Waals surface area contributed by atoms with Crippen LogP contribution in [0, 0.1) is 0 Å². The van der Waals surface area contributed by atoms with Crippen LogP contribution in [0.2, 0.25) is 0 Å². The molecular weight excluding hydrogens is 468 g/mol.